The molecule has 0 radical (unpaired) electrons. The van der Waals surface area contributed by atoms with Gasteiger partial charge in [-0.3, -0.25) is 9.48 Å². The zero-order valence-corrected chi connectivity index (χ0v) is 15.5. The Morgan fingerprint density at radius 3 is 2.56 bits per heavy atom. The first kappa shape index (κ1) is 17.8. The third kappa shape index (κ3) is 4.15. The molecule has 1 N–H and O–H groups in total. The first-order valence-corrected chi connectivity index (χ1v) is 8.61. The highest BCUT2D eigenvalue weighted by Crippen LogP contribution is 2.26. The van der Waals surface area contributed by atoms with E-state index in [9.17, 15) is 4.79 Å². The van der Waals surface area contributed by atoms with Gasteiger partial charge in [-0.1, -0.05) is 53.0 Å². The van der Waals surface area contributed by atoms with E-state index in [2.05, 4.69) is 10.4 Å². The molecule has 2 aromatic carbocycles. The summed E-state index contributed by atoms with van der Waals surface area (Å²) in [5.74, 6) is 0.0937. The summed E-state index contributed by atoms with van der Waals surface area (Å²) in [7, 11) is 0. The van der Waals surface area contributed by atoms with Crippen molar-refractivity contribution in [3.05, 3.63) is 80.4 Å². The van der Waals surface area contributed by atoms with Gasteiger partial charge in [-0.25, -0.2) is 0 Å². The molecule has 4 nitrogen and oxygen atoms in total. The predicted octanol–water partition coefficient (Wildman–Crippen LogP) is 5.45. The summed E-state index contributed by atoms with van der Waals surface area (Å²) in [5.41, 5.74) is 2.29. The molecule has 0 spiro atoms. The highest BCUT2D eigenvalue weighted by molar-refractivity contribution is 6.44. The number of amides is 1. The fourth-order valence-corrected chi connectivity index (χ4v) is 2.87. The fraction of sp³-hybridized carbons (Fsp3) is 0.111. The number of hydrogen-bond donors (Lipinski definition) is 1. The van der Waals surface area contributed by atoms with Crippen LogP contribution in [-0.2, 0) is 6.54 Å². The quantitative estimate of drug-likeness (QED) is 0.639. The first-order valence-electron chi connectivity index (χ1n) is 7.48. The predicted molar refractivity (Wildman–Crippen MR) is 102 cm³/mol. The van der Waals surface area contributed by atoms with Gasteiger partial charge in [-0.2, -0.15) is 5.10 Å². The van der Waals surface area contributed by atoms with Crippen LogP contribution in [0, 0.1) is 6.92 Å². The molecule has 0 saturated carbocycles. The molecule has 0 unspecified atom stereocenters. The average Bonchev–Trinajstić information content (AvgIpc) is 2.91. The maximum atomic E-state index is 12.4. The van der Waals surface area contributed by atoms with E-state index in [-0.39, 0.29) is 10.9 Å². The van der Waals surface area contributed by atoms with Crippen molar-refractivity contribution in [1.82, 2.24) is 9.78 Å². The minimum Gasteiger partial charge on any atom is -0.305 e. The summed E-state index contributed by atoms with van der Waals surface area (Å²) in [6, 6.07) is 14.3. The van der Waals surface area contributed by atoms with Crippen LogP contribution in [0.3, 0.4) is 0 Å². The van der Waals surface area contributed by atoms with Crippen molar-refractivity contribution < 1.29 is 4.79 Å². The molecule has 25 heavy (non-hydrogen) atoms. The van der Waals surface area contributed by atoms with Crippen LogP contribution in [0.25, 0.3) is 0 Å². The molecule has 3 rings (SSSR count). The molecule has 1 heterocycles. The molecule has 0 aliphatic heterocycles. The molecule has 0 bridgehead atoms. The monoisotopic (exact) mass is 393 g/mol. The maximum absolute atomic E-state index is 12.4. The van der Waals surface area contributed by atoms with Crippen molar-refractivity contribution in [3.63, 3.8) is 0 Å². The summed E-state index contributed by atoms with van der Waals surface area (Å²) in [6.07, 6.45) is 0. The van der Waals surface area contributed by atoms with E-state index in [0.717, 1.165) is 11.3 Å². The largest absolute Gasteiger partial charge is 0.305 e. The van der Waals surface area contributed by atoms with Gasteiger partial charge in [0.25, 0.3) is 5.91 Å². The van der Waals surface area contributed by atoms with Gasteiger partial charge in [0.05, 0.1) is 22.2 Å². The number of carbonyl (C=O) groups excluding carboxylic acids is 1. The summed E-state index contributed by atoms with van der Waals surface area (Å²) in [5, 5.41) is 8.41. The Morgan fingerprint density at radius 1 is 1.12 bits per heavy atom. The van der Waals surface area contributed by atoms with Crippen LogP contribution < -0.4 is 5.32 Å². The second-order valence-electron chi connectivity index (χ2n) is 5.51. The Morgan fingerprint density at radius 2 is 1.84 bits per heavy atom. The number of hydrogen-bond acceptors (Lipinski definition) is 2. The zero-order chi connectivity index (χ0) is 18.0. The minimum absolute atomic E-state index is 0.221. The molecule has 0 atom stereocenters. The molecular formula is C18H14Cl3N3O. The van der Waals surface area contributed by atoms with Gasteiger partial charge in [0.1, 0.15) is 0 Å². The normalized spacial score (nSPS) is 10.7. The van der Waals surface area contributed by atoms with E-state index in [1.165, 1.54) is 0 Å². The topological polar surface area (TPSA) is 46.9 Å². The lowest BCUT2D eigenvalue weighted by molar-refractivity contribution is 0.102. The smallest absolute Gasteiger partial charge is 0.258 e. The molecule has 0 aliphatic rings. The van der Waals surface area contributed by atoms with Gasteiger partial charge in [0, 0.05) is 16.8 Å². The number of rotatable bonds is 4. The van der Waals surface area contributed by atoms with Gasteiger partial charge < -0.3 is 5.32 Å². The molecule has 3 aromatic rings. The van der Waals surface area contributed by atoms with Gasteiger partial charge in [-0.05, 0) is 36.8 Å². The van der Waals surface area contributed by atoms with Crippen molar-refractivity contribution in [2.24, 2.45) is 0 Å². The Hall–Kier alpha value is -2.01. The number of aryl methyl sites for hydroxylation is 1. The molecule has 7 heteroatoms. The first-order chi connectivity index (χ1) is 11.9. The molecule has 1 amide bonds. The third-order valence-electron chi connectivity index (χ3n) is 3.66. The lowest BCUT2D eigenvalue weighted by Gasteiger charge is -2.06. The van der Waals surface area contributed by atoms with Crippen LogP contribution in [-0.4, -0.2) is 15.7 Å². The lowest BCUT2D eigenvalue weighted by Crippen LogP contribution is -2.13. The Bertz CT molecular complexity index is 920. The molecule has 128 valence electrons. The summed E-state index contributed by atoms with van der Waals surface area (Å²) < 4.78 is 1.80. The van der Waals surface area contributed by atoms with Gasteiger partial charge in [0.15, 0.2) is 5.82 Å². The third-order valence-corrected chi connectivity index (χ3v) is 4.74. The second kappa shape index (κ2) is 7.48. The van der Waals surface area contributed by atoms with Crippen molar-refractivity contribution in [3.8, 4) is 0 Å². The van der Waals surface area contributed by atoms with E-state index in [1.54, 1.807) is 28.9 Å². The second-order valence-corrected chi connectivity index (χ2v) is 6.73. The SMILES string of the molecule is Cc1cc(NC(=O)c2cccc(Cl)c2Cl)nn1Cc1ccc(Cl)cc1. The van der Waals surface area contributed by atoms with E-state index in [0.29, 0.717) is 28.0 Å². The average molecular weight is 395 g/mol. The van der Waals surface area contributed by atoms with Crippen molar-refractivity contribution in [1.29, 1.82) is 0 Å². The van der Waals surface area contributed by atoms with Crippen LogP contribution in [0.15, 0.2) is 48.5 Å². The van der Waals surface area contributed by atoms with Crippen molar-refractivity contribution in [2.75, 3.05) is 5.32 Å². The number of anilines is 1. The van der Waals surface area contributed by atoms with E-state index < -0.39 is 0 Å². The van der Waals surface area contributed by atoms with E-state index in [4.69, 9.17) is 34.8 Å². The fourth-order valence-electron chi connectivity index (χ4n) is 2.36. The minimum atomic E-state index is -0.358. The van der Waals surface area contributed by atoms with Crippen molar-refractivity contribution >= 4 is 46.5 Å². The molecular weight excluding hydrogens is 381 g/mol. The van der Waals surface area contributed by atoms with E-state index in [1.807, 2.05) is 31.2 Å². The number of aromatic nitrogens is 2. The Labute approximate surface area is 160 Å². The maximum Gasteiger partial charge on any atom is 0.258 e. The Kier molecular flexibility index (Phi) is 5.33. The van der Waals surface area contributed by atoms with Crippen LogP contribution in [0.5, 0.6) is 0 Å². The van der Waals surface area contributed by atoms with Crippen LogP contribution >= 0.6 is 34.8 Å². The van der Waals surface area contributed by atoms with Crippen molar-refractivity contribution in [2.45, 2.75) is 13.5 Å². The number of nitrogens with zero attached hydrogens (tertiary/aromatic N) is 2. The Balaban J connectivity index is 1.77. The summed E-state index contributed by atoms with van der Waals surface area (Å²) in [6.45, 7) is 2.50. The van der Waals surface area contributed by atoms with Gasteiger partial charge in [-0.15, -0.1) is 0 Å². The molecule has 0 saturated heterocycles. The number of carbonyl (C=O) groups is 1. The van der Waals surface area contributed by atoms with E-state index >= 15 is 0 Å². The zero-order valence-electron chi connectivity index (χ0n) is 13.3. The number of nitrogens with one attached hydrogen (secondary N) is 1. The van der Waals surface area contributed by atoms with Crippen LogP contribution in [0.4, 0.5) is 5.82 Å². The standard InChI is InChI=1S/C18H14Cl3N3O/c1-11-9-16(22-18(25)14-3-2-4-15(20)17(14)21)23-24(11)10-12-5-7-13(19)8-6-12/h2-9H,10H2,1H3,(H,22,23,25). The summed E-state index contributed by atoms with van der Waals surface area (Å²) >= 11 is 17.9. The van der Waals surface area contributed by atoms with Crippen LogP contribution in [0.2, 0.25) is 15.1 Å². The van der Waals surface area contributed by atoms with Gasteiger partial charge >= 0.3 is 0 Å². The molecule has 0 aliphatic carbocycles. The molecule has 0 fully saturated rings. The number of halogens is 3. The highest BCUT2D eigenvalue weighted by Gasteiger charge is 2.14. The number of benzene rings is 2. The highest BCUT2D eigenvalue weighted by atomic mass is 35.5. The van der Waals surface area contributed by atoms with Crippen LogP contribution in [0.1, 0.15) is 21.6 Å². The summed E-state index contributed by atoms with van der Waals surface area (Å²) in [4.78, 5) is 12.4. The lowest BCUT2D eigenvalue weighted by atomic mass is 10.2. The molecule has 1 aromatic heterocycles. The van der Waals surface area contributed by atoms with Gasteiger partial charge in [0.2, 0.25) is 0 Å².